The summed E-state index contributed by atoms with van der Waals surface area (Å²) in [7, 11) is 0. The number of ether oxygens (including phenoxy) is 1. The molecule has 23 heavy (non-hydrogen) atoms. The van der Waals surface area contributed by atoms with Crippen LogP contribution in [0.3, 0.4) is 0 Å². The van der Waals surface area contributed by atoms with Crippen molar-refractivity contribution >= 4 is 28.9 Å². The molecule has 2 aromatic carbocycles. The van der Waals surface area contributed by atoms with Gasteiger partial charge in [0, 0.05) is 23.2 Å². The lowest BCUT2D eigenvalue weighted by molar-refractivity contribution is -0.126. The highest BCUT2D eigenvalue weighted by atomic mass is 35.5. The Morgan fingerprint density at radius 2 is 2.13 bits per heavy atom. The first-order valence-corrected chi connectivity index (χ1v) is 7.45. The van der Waals surface area contributed by atoms with Gasteiger partial charge in [-0.15, -0.1) is 0 Å². The lowest BCUT2D eigenvalue weighted by Gasteiger charge is -2.33. The van der Waals surface area contributed by atoms with Gasteiger partial charge < -0.3 is 10.5 Å². The van der Waals surface area contributed by atoms with Gasteiger partial charge in [-0.25, -0.2) is 0 Å². The largest absolute Gasteiger partial charge is 0.478 e. The molecule has 116 valence electrons. The van der Waals surface area contributed by atoms with Gasteiger partial charge in [0.25, 0.3) is 5.91 Å². The maximum Gasteiger partial charge on any atom is 0.269 e. The van der Waals surface area contributed by atoms with E-state index in [4.69, 9.17) is 27.3 Å². The van der Waals surface area contributed by atoms with E-state index >= 15 is 0 Å². The van der Waals surface area contributed by atoms with Gasteiger partial charge >= 0.3 is 0 Å². The number of rotatable bonds is 3. The minimum atomic E-state index is -0.712. The van der Waals surface area contributed by atoms with Gasteiger partial charge in [0.1, 0.15) is 12.3 Å². The van der Waals surface area contributed by atoms with Crippen molar-refractivity contribution < 1.29 is 9.53 Å². The molecule has 2 aromatic rings. The maximum absolute atomic E-state index is 12.6. The molecule has 1 aliphatic heterocycles. The Bertz CT molecular complexity index is 801. The minimum absolute atomic E-state index is 0.0366. The van der Waals surface area contributed by atoms with Crippen molar-refractivity contribution in [3.63, 3.8) is 0 Å². The molecule has 0 saturated heterocycles. The highest BCUT2D eigenvalue weighted by molar-refractivity contribution is 6.30. The summed E-state index contributed by atoms with van der Waals surface area (Å²) in [5, 5.41) is 9.60. The Kier molecular flexibility index (Phi) is 4.09. The normalized spacial score (nSPS) is 16.4. The molecule has 0 spiro atoms. The number of halogens is 1. The van der Waals surface area contributed by atoms with E-state index in [1.807, 2.05) is 18.2 Å². The third-order valence-corrected chi connectivity index (χ3v) is 3.86. The molecule has 5 nitrogen and oxygen atoms in total. The van der Waals surface area contributed by atoms with Crippen LogP contribution < -0.4 is 15.4 Å². The fourth-order valence-electron chi connectivity index (χ4n) is 2.59. The summed E-state index contributed by atoms with van der Waals surface area (Å²) < 4.78 is 5.82. The fourth-order valence-corrected chi connectivity index (χ4v) is 2.80. The molecule has 0 aromatic heterocycles. The number of benzene rings is 2. The topological polar surface area (TPSA) is 79.3 Å². The van der Waals surface area contributed by atoms with Crippen molar-refractivity contribution in [1.82, 2.24) is 0 Å². The van der Waals surface area contributed by atoms with E-state index in [0.717, 1.165) is 5.56 Å². The van der Waals surface area contributed by atoms with Gasteiger partial charge in [0.05, 0.1) is 11.8 Å². The first kappa shape index (κ1) is 15.2. The molecule has 1 atom stereocenters. The molecule has 0 fully saturated rings. The second-order valence-corrected chi connectivity index (χ2v) is 5.69. The summed E-state index contributed by atoms with van der Waals surface area (Å²) in [4.78, 5) is 14.1. The van der Waals surface area contributed by atoms with Crippen LogP contribution in [0.2, 0.25) is 5.02 Å². The van der Waals surface area contributed by atoms with Gasteiger partial charge in [0.2, 0.25) is 0 Å². The highest BCUT2D eigenvalue weighted by Crippen LogP contribution is 2.36. The Morgan fingerprint density at radius 1 is 1.30 bits per heavy atom. The summed E-state index contributed by atoms with van der Waals surface area (Å²) >= 11 is 5.98. The Morgan fingerprint density at radius 3 is 2.87 bits per heavy atom. The molecule has 0 radical (unpaired) electrons. The van der Waals surface area contributed by atoms with E-state index in [0.29, 0.717) is 28.6 Å². The van der Waals surface area contributed by atoms with Crippen molar-refractivity contribution in [3.05, 3.63) is 53.1 Å². The molecule has 3 rings (SSSR count). The molecular formula is C17H14ClN3O2. The van der Waals surface area contributed by atoms with Gasteiger partial charge in [-0.2, -0.15) is 5.26 Å². The SMILES string of the molecule is N#CCN1C(=O)C(Cc2cccc(Cl)c2)Oc2cc(N)ccc21. The van der Waals surface area contributed by atoms with E-state index in [1.165, 1.54) is 4.90 Å². The smallest absolute Gasteiger partial charge is 0.269 e. The number of nitriles is 1. The fraction of sp³-hybridized carbons (Fsp3) is 0.176. The number of nitrogens with two attached hydrogens (primary N) is 1. The average Bonchev–Trinajstić information content (AvgIpc) is 2.51. The van der Waals surface area contributed by atoms with Crippen molar-refractivity contribution in [3.8, 4) is 11.8 Å². The van der Waals surface area contributed by atoms with Gasteiger partial charge in [-0.3, -0.25) is 9.69 Å². The van der Waals surface area contributed by atoms with Crippen LogP contribution in [0.5, 0.6) is 5.75 Å². The highest BCUT2D eigenvalue weighted by Gasteiger charge is 2.34. The average molecular weight is 328 g/mol. The molecular weight excluding hydrogens is 314 g/mol. The molecule has 1 heterocycles. The van der Waals surface area contributed by atoms with Gasteiger partial charge in [-0.05, 0) is 29.8 Å². The summed E-state index contributed by atoms with van der Waals surface area (Å²) in [6, 6.07) is 14.3. The second-order valence-electron chi connectivity index (χ2n) is 5.25. The van der Waals surface area contributed by atoms with E-state index in [9.17, 15) is 4.79 Å². The monoisotopic (exact) mass is 327 g/mol. The molecule has 0 saturated carbocycles. The molecule has 1 unspecified atom stereocenters. The van der Waals surface area contributed by atoms with Crippen molar-refractivity contribution in [2.75, 3.05) is 17.2 Å². The van der Waals surface area contributed by atoms with Crippen LogP contribution in [-0.4, -0.2) is 18.6 Å². The second kappa shape index (κ2) is 6.19. The molecule has 1 amide bonds. The quantitative estimate of drug-likeness (QED) is 0.694. The standard InChI is InChI=1S/C17H14ClN3O2/c18-12-3-1-2-11(8-12)9-16-17(22)21(7-6-19)14-5-4-13(20)10-15(14)23-16/h1-5,8,10,16H,7,9,20H2. The number of carbonyl (C=O) groups excluding carboxylic acids is 1. The molecule has 1 aliphatic rings. The number of amides is 1. The van der Waals surface area contributed by atoms with E-state index in [-0.39, 0.29) is 12.5 Å². The van der Waals surface area contributed by atoms with Crippen molar-refractivity contribution in [2.45, 2.75) is 12.5 Å². The number of hydrogen-bond acceptors (Lipinski definition) is 4. The summed E-state index contributed by atoms with van der Waals surface area (Å²) in [5.74, 6) is 0.260. The Balaban J connectivity index is 1.93. The summed E-state index contributed by atoms with van der Waals surface area (Å²) in [6.45, 7) is -0.0366. The van der Waals surface area contributed by atoms with E-state index in [2.05, 4.69) is 0 Å². The number of hydrogen-bond donors (Lipinski definition) is 1. The van der Waals surface area contributed by atoms with Crippen LogP contribution in [0.1, 0.15) is 5.56 Å². The number of fused-ring (bicyclic) bond motifs is 1. The first-order chi connectivity index (χ1) is 11.1. The lowest BCUT2D eigenvalue weighted by Crippen LogP contribution is -2.47. The van der Waals surface area contributed by atoms with E-state index in [1.54, 1.807) is 30.3 Å². The van der Waals surface area contributed by atoms with Crippen LogP contribution in [0, 0.1) is 11.3 Å². The predicted octanol–water partition coefficient (Wildman–Crippen LogP) is 2.78. The molecule has 2 N–H and O–H groups in total. The minimum Gasteiger partial charge on any atom is -0.478 e. The maximum atomic E-state index is 12.6. The van der Waals surface area contributed by atoms with Gasteiger partial charge in [0.15, 0.2) is 6.10 Å². The zero-order valence-electron chi connectivity index (χ0n) is 12.2. The summed E-state index contributed by atoms with van der Waals surface area (Å²) in [5.41, 5.74) is 7.78. The number of anilines is 2. The van der Waals surface area contributed by atoms with Crippen LogP contribution in [0.4, 0.5) is 11.4 Å². The predicted molar refractivity (Wildman–Crippen MR) is 88.4 cm³/mol. The van der Waals surface area contributed by atoms with E-state index < -0.39 is 6.10 Å². The van der Waals surface area contributed by atoms with Crippen LogP contribution >= 0.6 is 11.6 Å². The number of carbonyl (C=O) groups is 1. The molecule has 6 heteroatoms. The number of nitrogens with zero attached hydrogens (tertiary/aromatic N) is 2. The van der Waals surface area contributed by atoms with Crippen LogP contribution in [0.15, 0.2) is 42.5 Å². The summed E-state index contributed by atoms with van der Waals surface area (Å²) in [6.07, 6.45) is -0.341. The Labute approximate surface area is 138 Å². The van der Waals surface area contributed by atoms with Crippen LogP contribution in [-0.2, 0) is 11.2 Å². The zero-order chi connectivity index (χ0) is 16.4. The Hall–Kier alpha value is -2.71. The first-order valence-electron chi connectivity index (χ1n) is 7.07. The molecule has 0 bridgehead atoms. The third kappa shape index (κ3) is 3.08. The van der Waals surface area contributed by atoms with Crippen LogP contribution in [0.25, 0.3) is 0 Å². The molecule has 0 aliphatic carbocycles. The van der Waals surface area contributed by atoms with Crippen molar-refractivity contribution in [2.24, 2.45) is 0 Å². The van der Waals surface area contributed by atoms with Gasteiger partial charge in [-0.1, -0.05) is 23.7 Å². The third-order valence-electron chi connectivity index (χ3n) is 3.62. The zero-order valence-corrected chi connectivity index (χ0v) is 13.0. The number of nitrogen functional groups attached to an aromatic ring is 1. The lowest BCUT2D eigenvalue weighted by atomic mass is 10.0. The van der Waals surface area contributed by atoms with Crippen molar-refractivity contribution in [1.29, 1.82) is 5.26 Å².